The third kappa shape index (κ3) is 2.77. The molecule has 2 aliphatic rings. The van der Waals surface area contributed by atoms with Crippen LogP contribution < -0.4 is 11.1 Å². The van der Waals surface area contributed by atoms with Crippen molar-refractivity contribution in [2.45, 2.75) is 64.0 Å². The maximum atomic E-state index is 12.3. The number of carbonyl (C=O) groups excluding carboxylic acids is 1. The molecule has 2 rings (SSSR count). The van der Waals surface area contributed by atoms with Crippen LogP contribution in [0.2, 0.25) is 0 Å². The van der Waals surface area contributed by atoms with E-state index in [9.17, 15) is 4.79 Å². The Morgan fingerprint density at radius 3 is 2.53 bits per heavy atom. The van der Waals surface area contributed by atoms with Gasteiger partial charge in [-0.2, -0.15) is 0 Å². The number of rotatable bonds is 5. The highest BCUT2D eigenvalue weighted by Crippen LogP contribution is 2.46. The smallest absolute Gasteiger partial charge is 0.233 e. The second-order valence-electron chi connectivity index (χ2n) is 5.85. The molecule has 0 aromatic rings. The molecule has 1 saturated carbocycles. The SMILES string of the molecule is CCC1(CC)CC(NC(=O)C2(C(N)=S)CC2)CCO1. The lowest BCUT2D eigenvalue weighted by Gasteiger charge is -2.40. The average molecular weight is 284 g/mol. The minimum absolute atomic E-state index is 0.0213. The summed E-state index contributed by atoms with van der Waals surface area (Å²) >= 11 is 5.02. The lowest BCUT2D eigenvalue weighted by atomic mass is 9.85. The summed E-state index contributed by atoms with van der Waals surface area (Å²) in [5, 5.41) is 3.14. The minimum Gasteiger partial charge on any atom is -0.392 e. The van der Waals surface area contributed by atoms with Gasteiger partial charge in [0.15, 0.2) is 0 Å². The van der Waals surface area contributed by atoms with Gasteiger partial charge in [0.2, 0.25) is 5.91 Å². The van der Waals surface area contributed by atoms with Gasteiger partial charge in [0.1, 0.15) is 0 Å². The molecule has 5 heteroatoms. The highest BCUT2D eigenvalue weighted by molar-refractivity contribution is 7.80. The topological polar surface area (TPSA) is 64.4 Å². The van der Waals surface area contributed by atoms with Crippen molar-refractivity contribution < 1.29 is 9.53 Å². The lowest BCUT2D eigenvalue weighted by molar-refractivity contribution is -0.128. The maximum Gasteiger partial charge on any atom is 0.233 e. The largest absolute Gasteiger partial charge is 0.392 e. The van der Waals surface area contributed by atoms with Crippen LogP contribution in [-0.4, -0.2) is 29.1 Å². The molecule has 0 radical (unpaired) electrons. The lowest BCUT2D eigenvalue weighted by Crippen LogP contribution is -2.51. The zero-order valence-electron chi connectivity index (χ0n) is 11.8. The van der Waals surface area contributed by atoms with Crippen molar-refractivity contribution in [2.75, 3.05) is 6.61 Å². The van der Waals surface area contributed by atoms with E-state index in [2.05, 4.69) is 19.2 Å². The van der Waals surface area contributed by atoms with Crippen LogP contribution >= 0.6 is 12.2 Å². The third-order valence-electron chi connectivity index (χ3n) is 4.77. The molecular weight excluding hydrogens is 260 g/mol. The fourth-order valence-electron chi connectivity index (χ4n) is 2.93. The molecule has 108 valence electrons. The van der Waals surface area contributed by atoms with Gasteiger partial charge in [-0.25, -0.2) is 0 Å². The van der Waals surface area contributed by atoms with Crippen LogP contribution in [0.3, 0.4) is 0 Å². The zero-order valence-corrected chi connectivity index (χ0v) is 12.6. The average Bonchev–Trinajstić information content (AvgIpc) is 3.20. The molecule has 1 aliphatic carbocycles. The summed E-state index contributed by atoms with van der Waals surface area (Å²) in [4.78, 5) is 12.6. The molecular formula is C14H24N2O2S. The molecule has 3 N–H and O–H groups in total. The number of nitrogens with two attached hydrogens (primary N) is 1. The molecule has 4 nitrogen and oxygen atoms in total. The number of hydrogen-bond acceptors (Lipinski definition) is 3. The first kappa shape index (κ1) is 14.7. The number of nitrogens with one attached hydrogen (secondary N) is 1. The van der Waals surface area contributed by atoms with E-state index in [-0.39, 0.29) is 17.6 Å². The van der Waals surface area contributed by atoms with Gasteiger partial charge in [-0.05, 0) is 38.5 Å². The quantitative estimate of drug-likeness (QED) is 0.757. The van der Waals surface area contributed by atoms with E-state index in [4.69, 9.17) is 22.7 Å². The second kappa shape index (κ2) is 5.37. The summed E-state index contributed by atoms with van der Waals surface area (Å²) in [7, 11) is 0. The van der Waals surface area contributed by atoms with Crippen LogP contribution in [0.1, 0.15) is 52.4 Å². The van der Waals surface area contributed by atoms with Crippen molar-refractivity contribution in [2.24, 2.45) is 11.1 Å². The van der Waals surface area contributed by atoms with Gasteiger partial charge >= 0.3 is 0 Å². The Morgan fingerprint density at radius 1 is 1.42 bits per heavy atom. The van der Waals surface area contributed by atoms with Gasteiger partial charge in [-0.3, -0.25) is 4.79 Å². The number of carbonyl (C=O) groups is 1. The molecule has 1 amide bonds. The summed E-state index contributed by atoms with van der Waals surface area (Å²) in [6.45, 7) is 5.00. The first-order valence-corrected chi connectivity index (χ1v) is 7.64. The molecule has 0 aromatic carbocycles. The number of thiocarbonyl (C=S) groups is 1. The second-order valence-corrected chi connectivity index (χ2v) is 6.29. The van der Waals surface area contributed by atoms with Crippen LogP contribution in [0, 0.1) is 5.41 Å². The van der Waals surface area contributed by atoms with Crippen LogP contribution in [-0.2, 0) is 9.53 Å². The Labute approximate surface area is 120 Å². The normalized spacial score (nSPS) is 27.6. The predicted octanol–water partition coefficient (Wildman–Crippen LogP) is 1.91. The highest BCUT2D eigenvalue weighted by atomic mass is 32.1. The Morgan fingerprint density at radius 2 is 2.05 bits per heavy atom. The Hall–Kier alpha value is -0.680. The molecule has 1 heterocycles. The summed E-state index contributed by atoms with van der Waals surface area (Å²) in [5.41, 5.74) is 5.07. The van der Waals surface area contributed by atoms with Crippen molar-refractivity contribution in [1.82, 2.24) is 5.32 Å². The van der Waals surface area contributed by atoms with Crippen molar-refractivity contribution in [3.63, 3.8) is 0 Å². The van der Waals surface area contributed by atoms with Gasteiger partial charge in [-0.1, -0.05) is 26.1 Å². The zero-order chi connectivity index (χ0) is 14.1. The van der Waals surface area contributed by atoms with Crippen LogP contribution in [0.15, 0.2) is 0 Å². The van der Waals surface area contributed by atoms with E-state index < -0.39 is 5.41 Å². The molecule has 1 aliphatic heterocycles. The van der Waals surface area contributed by atoms with Gasteiger partial charge in [0, 0.05) is 12.6 Å². The van der Waals surface area contributed by atoms with Crippen LogP contribution in [0.5, 0.6) is 0 Å². The predicted molar refractivity (Wildman–Crippen MR) is 78.9 cm³/mol. The fourth-order valence-corrected chi connectivity index (χ4v) is 3.22. The first-order valence-electron chi connectivity index (χ1n) is 7.23. The minimum atomic E-state index is -0.547. The summed E-state index contributed by atoms with van der Waals surface area (Å²) in [6, 6.07) is 0.188. The van der Waals surface area contributed by atoms with Crippen molar-refractivity contribution in [3.8, 4) is 0 Å². The van der Waals surface area contributed by atoms with Crippen molar-refractivity contribution in [1.29, 1.82) is 0 Å². The molecule has 1 unspecified atom stereocenters. The molecule has 0 bridgehead atoms. The van der Waals surface area contributed by atoms with Gasteiger partial charge in [0.05, 0.1) is 16.0 Å². The number of hydrogen-bond donors (Lipinski definition) is 2. The van der Waals surface area contributed by atoms with E-state index in [1.807, 2.05) is 0 Å². The Kier molecular flexibility index (Phi) is 4.16. The maximum absolute atomic E-state index is 12.3. The summed E-state index contributed by atoms with van der Waals surface area (Å²) in [6.07, 6.45) is 5.32. The van der Waals surface area contributed by atoms with E-state index in [1.165, 1.54) is 0 Å². The Balaban J connectivity index is 1.96. The number of ether oxygens (including phenoxy) is 1. The van der Waals surface area contributed by atoms with Gasteiger partial charge < -0.3 is 15.8 Å². The van der Waals surface area contributed by atoms with Gasteiger partial charge in [-0.15, -0.1) is 0 Å². The molecule has 1 atom stereocenters. The van der Waals surface area contributed by atoms with E-state index >= 15 is 0 Å². The van der Waals surface area contributed by atoms with E-state index in [1.54, 1.807) is 0 Å². The number of amides is 1. The summed E-state index contributed by atoms with van der Waals surface area (Å²) in [5.74, 6) is 0.0213. The fraction of sp³-hybridized carbons (Fsp3) is 0.857. The monoisotopic (exact) mass is 284 g/mol. The third-order valence-corrected chi connectivity index (χ3v) is 5.16. The molecule has 19 heavy (non-hydrogen) atoms. The highest BCUT2D eigenvalue weighted by Gasteiger charge is 2.53. The molecule has 0 aromatic heterocycles. The van der Waals surface area contributed by atoms with Crippen molar-refractivity contribution >= 4 is 23.1 Å². The first-order chi connectivity index (χ1) is 8.98. The molecule has 2 fully saturated rings. The molecule has 1 saturated heterocycles. The summed E-state index contributed by atoms with van der Waals surface area (Å²) < 4.78 is 5.92. The molecule has 0 spiro atoms. The van der Waals surface area contributed by atoms with Crippen molar-refractivity contribution in [3.05, 3.63) is 0 Å². The van der Waals surface area contributed by atoms with E-state index in [0.29, 0.717) is 11.6 Å². The standard InChI is InChI=1S/C14H24N2O2S/c1-3-13(4-2)9-10(5-8-18-13)16-12(17)14(6-7-14)11(15)19/h10H,3-9H2,1-2H3,(H2,15,19)(H,16,17). The van der Waals surface area contributed by atoms with Crippen LogP contribution in [0.4, 0.5) is 0 Å². The van der Waals surface area contributed by atoms with E-state index in [0.717, 1.165) is 38.5 Å². The Bertz CT molecular complexity index is 376. The van der Waals surface area contributed by atoms with Crippen LogP contribution in [0.25, 0.3) is 0 Å². The van der Waals surface area contributed by atoms with Gasteiger partial charge in [0.25, 0.3) is 0 Å².